The number of nitrogens with zero attached hydrogens (tertiary/aromatic N) is 3. The molecule has 42 heavy (non-hydrogen) atoms. The zero-order valence-electron chi connectivity index (χ0n) is 24.8. The van der Waals surface area contributed by atoms with Crippen molar-refractivity contribution in [1.29, 1.82) is 0 Å². The molecule has 0 fully saturated rings. The Morgan fingerprint density at radius 1 is 0.786 bits per heavy atom. The summed E-state index contributed by atoms with van der Waals surface area (Å²) >= 11 is 0. The van der Waals surface area contributed by atoms with Gasteiger partial charge in [-0.05, 0) is 42.2 Å². The van der Waals surface area contributed by atoms with E-state index >= 15 is 0 Å². The highest BCUT2D eigenvalue weighted by Crippen LogP contribution is 2.33. The van der Waals surface area contributed by atoms with Gasteiger partial charge in [0.15, 0.2) is 0 Å². The monoisotopic (exact) mass is 557 g/mol. The second-order valence-electron chi connectivity index (χ2n) is 10.7. The maximum absolute atomic E-state index is 12.0. The molecule has 214 valence electrons. The van der Waals surface area contributed by atoms with Crippen LogP contribution in [0.2, 0.25) is 0 Å². The number of benzene rings is 4. The van der Waals surface area contributed by atoms with E-state index in [2.05, 4.69) is 108 Å². The molecule has 0 saturated carbocycles. The van der Waals surface area contributed by atoms with E-state index in [-0.39, 0.29) is 5.97 Å². The van der Waals surface area contributed by atoms with Crippen LogP contribution < -0.4 is 0 Å². The number of hydrogen-bond acceptors (Lipinski definition) is 4. The summed E-state index contributed by atoms with van der Waals surface area (Å²) in [6.07, 6.45) is 2.18. The number of methoxy groups -OCH3 is 1. The summed E-state index contributed by atoms with van der Waals surface area (Å²) in [6.45, 7) is 7.54. The number of unbranched alkanes of at least 4 members (excludes halogenated alkanes) is 1. The number of carbonyl (C=O) groups excluding carboxylic acids is 1. The second-order valence-corrected chi connectivity index (χ2v) is 10.7. The van der Waals surface area contributed by atoms with Crippen LogP contribution in [0.25, 0.3) is 22.6 Å². The van der Waals surface area contributed by atoms with Crippen molar-refractivity contribution in [2.75, 3.05) is 7.11 Å². The third-order valence-electron chi connectivity index (χ3n) is 7.64. The van der Waals surface area contributed by atoms with Crippen LogP contribution in [0, 0.1) is 6.92 Å². The van der Waals surface area contributed by atoms with Crippen LogP contribution in [-0.2, 0) is 30.9 Å². The minimum Gasteiger partial charge on any atom is -0.465 e. The van der Waals surface area contributed by atoms with Crippen LogP contribution in [0.3, 0.4) is 0 Å². The lowest BCUT2D eigenvalue weighted by Crippen LogP contribution is -2.24. The van der Waals surface area contributed by atoms with Crippen molar-refractivity contribution in [3.8, 4) is 22.6 Å². The molecule has 0 N–H and O–H groups in total. The number of carbonyl (C=O) groups is 1. The van der Waals surface area contributed by atoms with Crippen molar-refractivity contribution in [2.24, 2.45) is 0 Å². The molecule has 0 aliphatic rings. The molecule has 0 unspecified atom stereocenters. The Balaban J connectivity index is 1.60. The third-order valence-corrected chi connectivity index (χ3v) is 7.64. The van der Waals surface area contributed by atoms with Gasteiger partial charge < -0.3 is 9.30 Å². The molecule has 5 nitrogen and oxygen atoms in total. The first-order valence-electron chi connectivity index (χ1n) is 14.7. The van der Waals surface area contributed by atoms with Gasteiger partial charge in [-0.25, -0.2) is 9.78 Å². The topological polar surface area (TPSA) is 47.4 Å². The van der Waals surface area contributed by atoms with Gasteiger partial charge in [0, 0.05) is 37.3 Å². The molecule has 0 aliphatic heterocycles. The van der Waals surface area contributed by atoms with Crippen LogP contribution in [-0.4, -0.2) is 27.5 Å². The Morgan fingerprint density at radius 2 is 1.40 bits per heavy atom. The quantitative estimate of drug-likeness (QED) is 0.145. The molecule has 5 aromatic rings. The van der Waals surface area contributed by atoms with Crippen LogP contribution in [0.15, 0.2) is 109 Å². The molecule has 0 radical (unpaired) electrons. The van der Waals surface area contributed by atoms with Gasteiger partial charge in [-0.15, -0.1) is 0 Å². The maximum Gasteiger partial charge on any atom is 0.337 e. The number of aromatic nitrogens is 2. The first-order chi connectivity index (χ1) is 20.6. The molecule has 0 saturated heterocycles. The van der Waals surface area contributed by atoms with Crippen LogP contribution in [0.4, 0.5) is 0 Å². The number of ether oxygens (including phenoxy) is 1. The Kier molecular flexibility index (Phi) is 9.62. The molecule has 0 spiro atoms. The first kappa shape index (κ1) is 29.0. The molecule has 5 rings (SSSR count). The zero-order chi connectivity index (χ0) is 29.3. The summed E-state index contributed by atoms with van der Waals surface area (Å²) < 4.78 is 7.35. The lowest BCUT2D eigenvalue weighted by molar-refractivity contribution is 0.0600. The third kappa shape index (κ3) is 6.87. The lowest BCUT2D eigenvalue weighted by Gasteiger charge is -2.25. The van der Waals surface area contributed by atoms with Crippen molar-refractivity contribution >= 4 is 5.97 Å². The average molecular weight is 558 g/mol. The van der Waals surface area contributed by atoms with E-state index < -0.39 is 0 Å². The van der Waals surface area contributed by atoms with Crippen molar-refractivity contribution in [1.82, 2.24) is 14.5 Å². The van der Waals surface area contributed by atoms with Crippen LogP contribution >= 0.6 is 0 Å². The van der Waals surface area contributed by atoms with E-state index in [9.17, 15) is 4.79 Å². The van der Waals surface area contributed by atoms with E-state index in [1.54, 1.807) is 0 Å². The second kappa shape index (κ2) is 13.9. The minimum absolute atomic E-state index is 0.321. The molecule has 4 aromatic carbocycles. The molecule has 0 amide bonds. The number of rotatable bonds is 12. The summed E-state index contributed by atoms with van der Waals surface area (Å²) in [7, 11) is 1.41. The van der Waals surface area contributed by atoms with Crippen molar-refractivity contribution < 1.29 is 9.53 Å². The molecule has 0 bridgehead atoms. The van der Waals surface area contributed by atoms with Crippen molar-refractivity contribution in [2.45, 2.75) is 52.9 Å². The molecule has 1 heterocycles. The summed E-state index contributed by atoms with van der Waals surface area (Å²) in [5.41, 5.74) is 8.71. The van der Waals surface area contributed by atoms with Crippen LogP contribution in [0.5, 0.6) is 0 Å². The smallest absolute Gasteiger partial charge is 0.337 e. The fraction of sp³-hybridized carbons (Fsp3) is 0.243. The summed E-state index contributed by atoms with van der Waals surface area (Å²) in [6, 6.07) is 37.4. The van der Waals surface area contributed by atoms with E-state index in [0.29, 0.717) is 5.56 Å². The maximum atomic E-state index is 12.0. The molecule has 1 aromatic heterocycles. The standard InChI is InChI=1S/C37H39N3O2/c1-4-5-24-40-34(35(31-17-10-7-11-18-31)38-36(40)33-19-13-12-14-28(33)2)27-39(25-29-15-8-6-9-16-29)26-30-20-22-32(23-21-30)37(41)42-3/h6-23H,4-5,24-27H2,1-3H3. The molecule has 0 atom stereocenters. The van der Waals surface area contributed by atoms with Gasteiger partial charge in [-0.2, -0.15) is 0 Å². The predicted molar refractivity (Wildman–Crippen MR) is 170 cm³/mol. The van der Waals surface area contributed by atoms with E-state index in [4.69, 9.17) is 9.72 Å². The highest BCUT2D eigenvalue weighted by molar-refractivity contribution is 5.89. The lowest BCUT2D eigenvalue weighted by atomic mass is 10.1. The van der Waals surface area contributed by atoms with Crippen molar-refractivity contribution in [3.63, 3.8) is 0 Å². The molecule has 5 heteroatoms. The van der Waals surface area contributed by atoms with Gasteiger partial charge >= 0.3 is 5.97 Å². The van der Waals surface area contributed by atoms with Gasteiger partial charge in [0.05, 0.1) is 24.1 Å². The van der Waals surface area contributed by atoms with Gasteiger partial charge in [0.2, 0.25) is 0 Å². The SMILES string of the molecule is CCCCn1c(-c2ccccc2C)nc(-c2ccccc2)c1CN(Cc1ccccc1)Cc1ccc(C(=O)OC)cc1. The van der Waals surface area contributed by atoms with E-state index in [1.807, 2.05) is 24.3 Å². The normalized spacial score (nSPS) is 11.1. The molecular formula is C37H39N3O2. The van der Waals surface area contributed by atoms with Crippen molar-refractivity contribution in [3.05, 3.63) is 137 Å². The number of esters is 1. The summed E-state index contributed by atoms with van der Waals surface area (Å²) in [5.74, 6) is 0.705. The Morgan fingerprint density at radius 3 is 2.05 bits per heavy atom. The number of aryl methyl sites for hydroxylation is 1. The Hall–Kier alpha value is -4.48. The zero-order valence-corrected chi connectivity index (χ0v) is 24.8. The number of hydrogen-bond donors (Lipinski definition) is 0. The minimum atomic E-state index is -0.321. The Labute approximate surface area is 249 Å². The van der Waals surface area contributed by atoms with Gasteiger partial charge in [-0.3, -0.25) is 4.90 Å². The molecular weight excluding hydrogens is 518 g/mol. The van der Waals surface area contributed by atoms with Gasteiger partial charge in [-0.1, -0.05) is 110 Å². The fourth-order valence-corrected chi connectivity index (χ4v) is 5.40. The largest absolute Gasteiger partial charge is 0.465 e. The summed E-state index contributed by atoms with van der Waals surface area (Å²) in [4.78, 5) is 19.9. The highest BCUT2D eigenvalue weighted by Gasteiger charge is 2.23. The van der Waals surface area contributed by atoms with Gasteiger partial charge in [0.1, 0.15) is 5.82 Å². The first-order valence-corrected chi connectivity index (χ1v) is 14.7. The Bertz CT molecular complexity index is 1590. The predicted octanol–water partition coefficient (Wildman–Crippen LogP) is 8.31. The molecule has 0 aliphatic carbocycles. The van der Waals surface area contributed by atoms with E-state index in [1.165, 1.54) is 29.5 Å². The van der Waals surface area contributed by atoms with Crippen LogP contribution in [0.1, 0.15) is 52.5 Å². The van der Waals surface area contributed by atoms with E-state index in [0.717, 1.165) is 61.7 Å². The van der Waals surface area contributed by atoms with Gasteiger partial charge in [0.25, 0.3) is 0 Å². The number of imidazole rings is 1. The average Bonchev–Trinajstić information content (AvgIpc) is 3.38. The summed E-state index contributed by atoms with van der Waals surface area (Å²) in [5, 5.41) is 0. The fourth-order valence-electron chi connectivity index (χ4n) is 5.40. The highest BCUT2D eigenvalue weighted by atomic mass is 16.5.